The van der Waals surface area contributed by atoms with Crippen molar-refractivity contribution in [3.05, 3.63) is 48.5 Å². The van der Waals surface area contributed by atoms with Gasteiger partial charge in [-0.2, -0.15) is 0 Å². The molecule has 0 amide bonds. The summed E-state index contributed by atoms with van der Waals surface area (Å²) >= 11 is 0. The van der Waals surface area contributed by atoms with E-state index in [1.54, 1.807) is 12.3 Å². The number of hydrogen-bond acceptors (Lipinski definition) is 2. The van der Waals surface area contributed by atoms with Gasteiger partial charge < -0.3 is 4.90 Å². The third kappa shape index (κ3) is 1.23. The van der Waals surface area contributed by atoms with Gasteiger partial charge in [0.1, 0.15) is 0 Å². The molecule has 0 saturated heterocycles. The van der Waals surface area contributed by atoms with Crippen molar-refractivity contribution in [3.63, 3.8) is 0 Å². The van der Waals surface area contributed by atoms with E-state index >= 15 is 0 Å². The van der Waals surface area contributed by atoms with Crippen molar-refractivity contribution in [2.24, 2.45) is 0 Å². The molecule has 2 nitrogen and oxygen atoms in total. The zero-order valence-electron chi connectivity index (χ0n) is 6.60. The molecule has 0 aromatic rings. The van der Waals surface area contributed by atoms with Crippen LogP contribution in [0.15, 0.2) is 48.5 Å². The predicted molar refractivity (Wildman–Crippen MR) is 47.0 cm³/mol. The van der Waals surface area contributed by atoms with Crippen LogP contribution in [-0.2, 0) is 4.79 Å². The number of allylic oxidation sites excluding steroid dienone is 6. The number of rotatable bonds is 0. The van der Waals surface area contributed by atoms with E-state index < -0.39 is 0 Å². The SMILES string of the molecule is O=C1C=CN2C=CC=CC=C2C1. The molecule has 0 fully saturated rings. The lowest BCUT2D eigenvalue weighted by molar-refractivity contribution is -0.114. The van der Waals surface area contributed by atoms with Crippen LogP contribution in [0.5, 0.6) is 0 Å². The molecular weight excluding hydrogens is 150 g/mol. The molecule has 0 aromatic heterocycles. The van der Waals surface area contributed by atoms with E-state index in [9.17, 15) is 4.79 Å². The van der Waals surface area contributed by atoms with Crippen LogP contribution in [0.25, 0.3) is 0 Å². The van der Waals surface area contributed by atoms with E-state index in [0.717, 1.165) is 5.70 Å². The lowest BCUT2D eigenvalue weighted by Crippen LogP contribution is -2.16. The van der Waals surface area contributed by atoms with Crippen molar-refractivity contribution < 1.29 is 4.79 Å². The van der Waals surface area contributed by atoms with Crippen LogP contribution in [0.4, 0.5) is 0 Å². The van der Waals surface area contributed by atoms with Gasteiger partial charge in [-0.25, -0.2) is 0 Å². The van der Waals surface area contributed by atoms with Gasteiger partial charge in [0.05, 0.1) is 6.42 Å². The fourth-order valence-corrected chi connectivity index (χ4v) is 1.25. The lowest BCUT2D eigenvalue weighted by Gasteiger charge is -2.20. The first-order valence-electron chi connectivity index (χ1n) is 3.90. The first-order valence-corrected chi connectivity index (χ1v) is 3.90. The highest BCUT2D eigenvalue weighted by molar-refractivity contribution is 5.92. The maximum absolute atomic E-state index is 11.0. The van der Waals surface area contributed by atoms with Crippen molar-refractivity contribution in [3.8, 4) is 0 Å². The molecule has 0 N–H and O–H groups in total. The summed E-state index contributed by atoms with van der Waals surface area (Å²) < 4.78 is 0. The van der Waals surface area contributed by atoms with Crippen molar-refractivity contribution in [1.82, 2.24) is 4.90 Å². The van der Waals surface area contributed by atoms with Gasteiger partial charge in [-0.3, -0.25) is 4.79 Å². The molecule has 0 saturated carbocycles. The number of nitrogens with zero attached hydrogens (tertiary/aromatic N) is 1. The summed E-state index contributed by atoms with van der Waals surface area (Å²) in [6.07, 6.45) is 13.6. The van der Waals surface area contributed by atoms with Crippen LogP contribution in [0.3, 0.4) is 0 Å². The third-order valence-electron chi connectivity index (χ3n) is 1.87. The van der Waals surface area contributed by atoms with Gasteiger partial charge in [0.15, 0.2) is 5.78 Å². The predicted octanol–water partition coefficient (Wildman–Crippen LogP) is 1.74. The number of carbonyl (C=O) groups is 1. The molecule has 60 valence electrons. The molecule has 12 heavy (non-hydrogen) atoms. The zero-order valence-corrected chi connectivity index (χ0v) is 6.60. The van der Waals surface area contributed by atoms with Crippen LogP contribution >= 0.6 is 0 Å². The lowest BCUT2D eigenvalue weighted by atomic mass is 10.1. The largest absolute Gasteiger partial charge is 0.327 e. The highest BCUT2D eigenvalue weighted by Gasteiger charge is 2.13. The Labute approximate surface area is 71.2 Å². The minimum atomic E-state index is 0.168. The van der Waals surface area contributed by atoms with Gasteiger partial charge in [0.25, 0.3) is 0 Å². The highest BCUT2D eigenvalue weighted by Crippen LogP contribution is 2.18. The summed E-state index contributed by atoms with van der Waals surface area (Å²) in [5.74, 6) is 0.168. The normalized spacial score (nSPS) is 20.5. The standard InChI is InChI=1S/C10H9NO/c12-10-5-7-11-6-3-1-2-4-9(11)8-10/h1-7H,8H2. The second kappa shape index (κ2) is 2.81. The van der Waals surface area contributed by atoms with Gasteiger partial charge >= 0.3 is 0 Å². The van der Waals surface area contributed by atoms with E-state index in [-0.39, 0.29) is 5.78 Å². The average Bonchev–Trinajstić information content (AvgIpc) is 2.28. The summed E-state index contributed by atoms with van der Waals surface area (Å²) in [5, 5.41) is 0. The average molecular weight is 159 g/mol. The summed E-state index contributed by atoms with van der Waals surface area (Å²) in [5.41, 5.74) is 1.03. The maximum Gasteiger partial charge on any atom is 0.163 e. The molecule has 0 unspecified atom stereocenters. The Morgan fingerprint density at radius 2 is 2.08 bits per heavy atom. The molecule has 0 aliphatic carbocycles. The minimum absolute atomic E-state index is 0.168. The van der Waals surface area contributed by atoms with E-state index in [0.29, 0.717) is 6.42 Å². The van der Waals surface area contributed by atoms with Crippen LogP contribution in [0, 0.1) is 0 Å². The maximum atomic E-state index is 11.0. The van der Waals surface area contributed by atoms with E-state index in [4.69, 9.17) is 0 Å². The van der Waals surface area contributed by atoms with E-state index in [1.807, 2.05) is 35.4 Å². The van der Waals surface area contributed by atoms with Gasteiger partial charge in [-0.05, 0) is 18.2 Å². The molecular formula is C10H9NO. The second-order valence-electron chi connectivity index (χ2n) is 2.75. The van der Waals surface area contributed by atoms with Crippen molar-refractivity contribution in [2.45, 2.75) is 6.42 Å². The first kappa shape index (κ1) is 7.10. The fourth-order valence-electron chi connectivity index (χ4n) is 1.25. The smallest absolute Gasteiger partial charge is 0.163 e. The van der Waals surface area contributed by atoms with Gasteiger partial charge in [-0.1, -0.05) is 12.2 Å². The Bertz CT molecular complexity index is 321. The molecule has 2 heteroatoms. The second-order valence-corrected chi connectivity index (χ2v) is 2.75. The molecule has 0 atom stereocenters. The summed E-state index contributed by atoms with van der Waals surface area (Å²) in [6.45, 7) is 0. The molecule has 0 radical (unpaired) electrons. The number of carbonyl (C=O) groups excluding carboxylic acids is 1. The van der Waals surface area contributed by atoms with Crippen LogP contribution < -0.4 is 0 Å². The summed E-state index contributed by atoms with van der Waals surface area (Å²) in [6, 6.07) is 0. The van der Waals surface area contributed by atoms with Crippen LogP contribution in [0.1, 0.15) is 6.42 Å². The Hall–Kier alpha value is -1.57. The fraction of sp³-hybridized carbons (Fsp3) is 0.100. The van der Waals surface area contributed by atoms with E-state index in [1.165, 1.54) is 0 Å². The molecule has 2 rings (SSSR count). The Morgan fingerprint density at radius 3 is 3.00 bits per heavy atom. The molecule has 0 aromatic carbocycles. The van der Waals surface area contributed by atoms with Crippen molar-refractivity contribution >= 4 is 5.78 Å². The van der Waals surface area contributed by atoms with Gasteiger partial charge in [0.2, 0.25) is 0 Å². The van der Waals surface area contributed by atoms with Gasteiger partial charge in [0, 0.05) is 18.1 Å². The monoisotopic (exact) mass is 159 g/mol. The number of hydrogen-bond donors (Lipinski definition) is 0. The van der Waals surface area contributed by atoms with Crippen molar-refractivity contribution in [1.29, 1.82) is 0 Å². The zero-order chi connectivity index (χ0) is 8.39. The van der Waals surface area contributed by atoms with Crippen LogP contribution in [0.2, 0.25) is 0 Å². The number of fused-ring (bicyclic) bond motifs is 1. The summed E-state index contributed by atoms with van der Waals surface area (Å²) in [7, 11) is 0. The molecule has 0 bridgehead atoms. The Balaban J connectivity index is 2.36. The third-order valence-corrected chi connectivity index (χ3v) is 1.87. The quantitative estimate of drug-likeness (QED) is 0.536. The molecule has 2 aliphatic rings. The summed E-state index contributed by atoms with van der Waals surface area (Å²) in [4.78, 5) is 13.0. The van der Waals surface area contributed by atoms with Crippen LogP contribution in [-0.4, -0.2) is 10.7 Å². The number of ketones is 1. The molecule has 0 spiro atoms. The molecule has 2 aliphatic heterocycles. The minimum Gasteiger partial charge on any atom is -0.327 e. The van der Waals surface area contributed by atoms with E-state index in [2.05, 4.69) is 0 Å². The topological polar surface area (TPSA) is 20.3 Å². The van der Waals surface area contributed by atoms with Gasteiger partial charge in [-0.15, -0.1) is 0 Å². The molecule has 2 heterocycles. The van der Waals surface area contributed by atoms with Crippen molar-refractivity contribution in [2.75, 3.05) is 0 Å². The Morgan fingerprint density at radius 1 is 1.17 bits per heavy atom. The Kier molecular flexibility index (Phi) is 1.67. The highest BCUT2D eigenvalue weighted by atomic mass is 16.1. The first-order chi connectivity index (χ1) is 5.86.